The van der Waals surface area contributed by atoms with E-state index in [0.717, 1.165) is 93.1 Å². The van der Waals surface area contributed by atoms with Gasteiger partial charge in [-0.25, -0.2) is 14.6 Å². The summed E-state index contributed by atoms with van der Waals surface area (Å²) in [5, 5.41) is 2.27. The van der Waals surface area contributed by atoms with Gasteiger partial charge in [-0.1, -0.05) is 32.0 Å². The summed E-state index contributed by atoms with van der Waals surface area (Å²) < 4.78 is 18.1. The monoisotopic (exact) mass is 745 g/mol. The highest BCUT2D eigenvalue weighted by atomic mass is 16.6. The Labute approximate surface area is 324 Å². The lowest BCUT2D eigenvalue weighted by Gasteiger charge is -2.31. The highest BCUT2D eigenvalue weighted by Crippen LogP contribution is 2.46. The molecule has 10 nitrogen and oxygen atoms in total. The van der Waals surface area contributed by atoms with Gasteiger partial charge in [0.1, 0.15) is 29.4 Å². The van der Waals surface area contributed by atoms with Gasteiger partial charge in [0.05, 0.1) is 23.5 Å². The number of carbonyl (C=O) groups is 2. The maximum Gasteiger partial charge on any atom is 0.411 e. The molecule has 10 heteroatoms. The van der Waals surface area contributed by atoms with Crippen LogP contribution in [-0.4, -0.2) is 67.0 Å². The van der Waals surface area contributed by atoms with Gasteiger partial charge in [0.25, 0.3) is 0 Å². The summed E-state index contributed by atoms with van der Waals surface area (Å²) in [6.45, 7) is 20.4. The van der Waals surface area contributed by atoms with E-state index in [1.807, 2.05) is 51.3 Å². The van der Waals surface area contributed by atoms with Gasteiger partial charge in [0, 0.05) is 41.0 Å². The highest BCUT2D eigenvalue weighted by molar-refractivity contribution is 6.06. The quantitative estimate of drug-likeness (QED) is 0.223. The minimum atomic E-state index is -0.573. The Kier molecular flexibility index (Phi) is 9.04. The molecule has 8 rings (SSSR count). The first kappa shape index (κ1) is 37.1. The molecule has 1 N–H and O–H groups in total. The van der Waals surface area contributed by atoms with Crippen LogP contribution in [0.1, 0.15) is 130 Å². The second-order valence-electron chi connectivity index (χ2n) is 18.3. The van der Waals surface area contributed by atoms with Crippen LogP contribution in [0.5, 0.6) is 5.75 Å². The fourth-order valence-corrected chi connectivity index (χ4v) is 8.88. The standard InChI is InChI=1S/C45H55N5O5/c1-24(2)39-40(48-41(47-39)37-18-12-26(4)50(37)43(52)55-45(8,9)10)28-13-15-30-29(19-28)23-53-38-22-31-27(20-33(30)38)14-16-34-32(31)21-35(46-34)36-17-11-25(3)49(36)42(51)54-44(5,6)7/h13-16,19-20,22,24-26,36-37H,11-12,17-18,21,23H2,1-10H3,(H,47,48)/t25-,26-,36-,37-/m0/s1. The number of aromatic amines is 1. The number of nitrogens with one attached hydrogen (secondary N) is 1. The first-order valence-corrected chi connectivity index (χ1v) is 20.0. The van der Waals surface area contributed by atoms with Gasteiger partial charge in [-0.15, -0.1) is 0 Å². The van der Waals surface area contributed by atoms with E-state index in [0.29, 0.717) is 13.0 Å². The van der Waals surface area contributed by atoms with Gasteiger partial charge in [-0.05, 0) is 139 Å². The number of nitrogens with zero attached hydrogens (tertiary/aromatic N) is 4. The Morgan fingerprint density at radius 2 is 1.49 bits per heavy atom. The van der Waals surface area contributed by atoms with Gasteiger partial charge in [-0.2, -0.15) is 0 Å². The number of aromatic nitrogens is 2. The average Bonchev–Trinajstić information content (AvgIpc) is 3.90. The van der Waals surface area contributed by atoms with Crippen molar-refractivity contribution < 1.29 is 23.8 Å². The topological polar surface area (TPSA) is 109 Å². The molecule has 2 amide bonds. The molecule has 1 aromatic heterocycles. The summed E-state index contributed by atoms with van der Waals surface area (Å²) in [5.41, 5.74) is 8.36. The predicted molar refractivity (Wildman–Crippen MR) is 216 cm³/mol. The number of rotatable bonds is 4. The number of benzene rings is 3. The lowest BCUT2D eigenvalue weighted by Crippen LogP contribution is -2.46. The molecule has 4 atom stereocenters. The third kappa shape index (κ3) is 6.86. The van der Waals surface area contributed by atoms with E-state index in [-0.39, 0.29) is 42.3 Å². The number of likely N-dealkylation sites (tertiary alicyclic amines) is 2. The largest absolute Gasteiger partial charge is 0.488 e. The van der Waals surface area contributed by atoms with Crippen LogP contribution in [-0.2, 0) is 22.5 Å². The summed E-state index contributed by atoms with van der Waals surface area (Å²) in [4.78, 5) is 44.3. The second kappa shape index (κ2) is 13.4. The van der Waals surface area contributed by atoms with Crippen LogP contribution in [0.15, 0.2) is 47.5 Å². The number of amides is 2. The second-order valence-corrected chi connectivity index (χ2v) is 18.3. The minimum Gasteiger partial charge on any atom is -0.488 e. The SMILES string of the molecule is CC(C)c1[nH]c([C@@H]2CC[C@H](C)N2C(=O)OC(C)(C)C)nc1-c1ccc2c(c1)COc1cc3c4c(ccc3cc1-2)N=C([C@@H]1CC[C@H](C)N1C(=O)OC(C)(C)C)C4. The minimum absolute atomic E-state index is 0.0641. The molecule has 4 aliphatic rings. The number of hydrogen-bond donors (Lipinski definition) is 1. The maximum atomic E-state index is 13.3. The molecule has 2 saturated heterocycles. The van der Waals surface area contributed by atoms with E-state index in [1.54, 1.807) is 0 Å². The van der Waals surface area contributed by atoms with E-state index in [2.05, 4.69) is 75.1 Å². The molecule has 0 radical (unpaired) electrons. The van der Waals surface area contributed by atoms with Crippen molar-refractivity contribution in [1.29, 1.82) is 0 Å². The molecule has 4 aliphatic heterocycles. The molecule has 55 heavy (non-hydrogen) atoms. The summed E-state index contributed by atoms with van der Waals surface area (Å²) in [6, 6.07) is 15.2. The fourth-order valence-electron chi connectivity index (χ4n) is 8.88. The lowest BCUT2D eigenvalue weighted by atomic mass is 9.90. The maximum absolute atomic E-state index is 13.3. The van der Waals surface area contributed by atoms with Crippen molar-refractivity contribution in [2.45, 2.75) is 149 Å². The van der Waals surface area contributed by atoms with E-state index < -0.39 is 11.2 Å². The molecule has 0 spiro atoms. The number of fused-ring (bicyclic) bond motifs is 6. The number of hydrogen-bond acceptors (Lipinski definition) is 7. The molecule has 4 aromatic rings. The molecule has 0 unspecified atom stereocenters. The Morgan fingerprint density at radius 3 is 2.15 bits per heavy atom. The Morgan fingerprint density at radius 1 is 0.836 bits per heavy atom. The Hall–Kier alpha value is -4.86. The highest BCUT2D eigenvalue weighted by Gasteiger charge is 2.42. The van der Waals surface area contributed by atoms with Gasteiger partial charge in [-0.3, -0.25) is 14.8 Å². The van der Waals surface area contributed by atoms with Gasteiger partial charge in [0.15, 0.2) is 0 Å². The first-order valence-electron chi connectivity index (χ1n) is 20.0. The average molecular weight is 746 g/mol. The van der Waals surface area contributed by atoms with Crippen molar-refractivity contribution in [2.24, 2.45) is 4.99 Å². The van der Waals surface area contributed by atoms with Crippen LogP contribution < -0.4 is 4.74 Å². The summed E-state index contributed by atoms with van der Waals surface area (Å²) in [6.07, 6.45) is 3.66. The van der Waals surface area contributed by atoms with Crippen LogP contribution >= 0.6 is 0 Å². The molecule has 0 bridgehead atoms. The van der Waals surface area contributed by atoms with Crippen LogP contribution in [0.4, 0.5) is 15.3 Å². The van der Waals surface area contributed by atoms with E-state index in [9.17, 15) is 9.59 Å². The van der Waals surface area contributed by atoms with Gasteiger partial charge in [0.2, 0.25) is 0 Å². The van der Waals surface area contributed by atoms with Crippen molar-refractivity contribution in [2.75, 3.05) is 0 Å². The summed E-state index contributed by atoms with van der Waals surface area (Å²) in [5.74, 6) is 1.87. The van der Waals surface area contributed by atoms with Crippen molar-refractivity contribution in [3.8, 4) is 28.1 Å². The zero-order valence-electron chi connectivity index (χ0n) is 34.0. The fraction of sp³-hybridized carbons (Fsp3) is 0.511. The van der Waals surface area contributed by atoms with Gasteiger partial charge < -0.3 is 19.2 Å². The van der Waals surface area contributed by atoms with Crippen molar-refractivity contribution in [1.82, 2.24) is 19.8 Å². The molecule has 5 heterocycles. The zero-order valence-corrected chi connectivity index (χ0v) is 34.0. The Balaban J connectivity index is 1.07. The normalized spacial score (nSPS) is 22.1. The zero-order chi connectivity index (χ0) is 39.1. The Bertz CT molecular complexity index is 2220. The van der Waals surface area contributed by atoms with E-state index >= 15 is 0 Å². The van der Waals surface area contributed by atoms with Crippen LogP contribution in [0, 0.1) is 0 Å². The van der Waals surface area contributed by atoms with Crippen LogP contribution in [0.25, 0.3) is 33.2 Å². The smallest absolute Gasteiger partial charge is 0.411 e. The van der Waals surface area contributed by atoms with Crippen molar-refractivity contribution in [3.05, 3.63) is 65.1 Å². The molecule has 3 aromatic carbocycles. The summed E-state index contributed by atoms with van der Waals surface area (Å²) >= 11 is 0. The molecule has 0 saturated carbocycles. The predicted octanol–water partition coefficient (Wildman–Crippen LogP) is 10.8. The summed E-state index contributed by atoms with van der Waals surface area (Å²) in [7, 11) is 0. The van der Waals surface area contributed by atoms with E-state index in [1.165, 1.54) is 5.56 Å². The third-order valence-electron chi connectivity index (χ3n) is 11.5. The number of carbonyl (C=O) groups excluding carboxylic acids is 2. The van der Waals surface area contributed by atoms with Crippen LogP contribution in [0.2, 0.25) is 0 Å². The van der Waals surface area contributed by atoms with E-state index in [4.69, 9.17) is 24.2 Å². The molecular formula is C45H55N5O5. The number of ether oxygens (including phenoxy) is 3. The number of aliphatic imine (C=N–C) groups is 1. The number of H-pyrrole nitrogens is 1. The molecule has 0 aliphatic carbocycles. The molecular weight excluding hydrogens is 691 g/mol. The molecule has 290 valence electrons. The van der Waals surface area contributed by atoms with Crippen molar-refractivity contribution in [3.63, 3.8) is 0 Å². The lowest BCUT2D eigenvalue weighted by molar-refractivity contribution is 0.0149. The van der Waals surface area contributed by atoms with Crippen molar-refractivity contribution >= 4 is 34.4 Å². The van der Waals surface area contributed by atoms with Gasteiger partial charge >= 0.3 is 12.2 Å². The third-order valence-corrected chi connectivity index (χ3v) is 11.5. The first-order chi connectivity index (χ1) is 26.0. The molecule has 2 fully saturated rings. The van der Waals surface area contributed by atoms with Crippen LogP contribution in [0.3, 0.4) is 0 Å². The number of imidazole rings is 1.